The van der Waals surface area contributed by atoms with E-state index in [-0.39, 0.29) is 12.1 Å². The molecule has 2 heterocycles. The smallest absolute Gasteiger partial charge is 0.252 e. The van der Waals surface area contributed by atoms with Crippen LogP contribution in [-0.4, -0.2) is 19.8 Å². The van der Waals surface area contributed by atoms with Crippen molar-refractivity contribution in [2.24, 2.45) is 0 Å². The molecule has 2 nitrogen and oxygen atoms in total. The first kappa shape index (κ1) is 66.4. The number of nitrogens with zero attached hydrogens (tertiary/aromatic N) is 2. The van der Waals surface area contributed by atoms with Crippen LogP contribution in [0, 0.1) is 0 Å². The molecule has 2 aliphatic rings. The van der Waals surface area contributed by atoms with E-state index in [0.29, 0.717) is 13.1 Å². The van der Waals surface area contributed by atoms with E-state index in [2.05, 4.69) is 407 Å². The van der Waals surface area contributed by atoms with Gasteiger partial charge in [-0.05, 0) is 250 Å². The second-order valence-corrected chi connectivity index (χ2v) is 31.2. The third-order valence-corrected chi connectivity index (χ3v) is 23.7. The van der Waals surface area contributed by atoms with Crippen LogP contribution in [0.15, 0.2) is 376 Å². The van der Waals surface area contributed by atoms with E-state index in [1.807, 2.05) is 0 Å². The molecule has 522 valence electrons. The Morgan fingerprint density at radius 1 is 0.255 bits per heavy atom. The lowest BCUT2D eigenvalue weighted by Gasteiger charge is -2.45. The third kappa shape index (κ3) is 11.8. The summed E-state index contributed by atoms with van der Waals surface area (Å²) in [6, 6.07) is 143. The topological polar surface area (TPSA) is 6.48 Å². The molecule has 0 N–H and O–H groups in total. The minimum absolute atomic E-state index is 0.0197. The normalized spacial score (nSPS) is 12.4. The van der Waals surface area contributed by atoms with E-state index in [4.69, 9.17) is 0 Å². The fourth-order valence-corrected chi connectivity index (χ4v) is 18.5. The van der Waals surface area contributed by atoms with Crippen LogP contribution in [0.1, 0.15) is 48.6 Å². The molecule has 0 fully saturated rings. The van der Waals surface area contributed by atoms with Crippen molar-refractivity contribution >= 4 is 88.9 Å². The molecule has 18 aromatic rings. The van der Waals surface area contributed by atoms with Gasteiger partial charge in [-0.25, -0.2) is 0 Å². The van der Waals surface area contributed by atoms with Gasteiger partial charge in [0.1, 0.15) is 0 Å². The zero-order chi connectivity index (χ0) is 73.4. The molecule has 0 spiro atoms. The first-order valence-electron chi connectivity index (χ1n) is 39.1. The van der Waals surface area contributed by atoms with Gasteiger partial charge in [-0.2, -0.15) is 0 Å². The van der Waals surface area contributed by atoms with Crippen molar-refractivity contribution < 1.29 is 0 Å². The molecule has 0 aromatic heterocycles. The Morgan fingerprint density at radius 3 is 1.06 bits per heavy atom. The molecule has 0 aliphatic carbocycles. The molecular weight excluding hydrogens is 1320 g/mol. The van der Waals surface area contributed by atoms with Crippen molar-refractivity contribution in [3.8, 4) is 89.0 Å². The van der Waals surface area contributed by atoms with Crippen LogP contribution in [-0.2, 0) is 24.7 Å². The molecule has 20 rings (SSSR count). The molecular formula is C107H81BN2. The van der Waals surface area contributed by atoms with Crippen LogP contribution in [0.25, 0.3) is 132 Å². The highest BCUT2D eigenvalue weighted by Crippen LogP contribution is 2.48. The van der Waals surface area contributed by atoms with Gasteiger partial charge >= 0.3 is 0 Å². The molecule has 3 heteroatoms. The summed E-state index contributed by atoms with van der Waals surface area (Å²) in [7, 11) is 0. The monoisotopic (exact) mass is 1400 g/mol. The van der Waals surface area contributed by atoms with Crippen molar-refractivity contribution in [2.45, 2.75) is 45.4 Å². The molecule has 18 aromatic carbocycles. The molecule has 2 aliphatic heterocycles. The Hall–Kier alpha value is -13.1. The van der Waals surface area contributed by atoms with Crippen molar-refractivity contribution in [1.29, 1.82) is 0 Å². The van der Waals surface area contributed by atoms with E-state index >= 15 is 0 Å². The first-order chi connectivity index (χ1) is 54.2. The molecule has 0 amide bonds. The summed E-state index contributed by atoms with van der Waals surface area (Å²) in [4.78, 5) is 5.51. The molecule has 110 heavy (non-hydrogen) atoms. The van der Waals surface area contributed by atoms with Crippen LogP contribution in [0.4, 0.5) is 22.7 Å². The maximum Gasteiger partial charge on any atom is 0.252 e. The summed E-state index contributed by atoms with van der Waals surface area (Å²) < 4.78 is 0. The fourth-order valence-electron chi connectivity index (χ4n) is 18.5. The van der Waals surface area contributed by atoms with Gasteiger partial charge in [0.25, 0.3) is 6.71 Å². The Labute approximate surface area is 645 Å². The van der Waals surface area contributed by atoms with Crippen molar-refractivity contribution in [3.05, 3.63) is 404 Å². The second kappa shape index (κ2) is 27.6. The van der Waals surface area contributed by atoms with Crippen LogP contribution >= 0.6 is 0 Å². The highest BCUT2D eigenvalue weighted by molar-refractivity contribution is 7.00. The number of hydrogen-bond acceptors (Lipinski definition) is 2. The molecule has 0 radical (unpaired) electrons. The van der Waals surface area contributed by atoms with Gasteiger partial charge in [0.2, 0.25) is 0 Å². The number of fused-ring (bicyclic) bond motifs is 6. The third-order valence-electron chi connectivity index (χ3n) is 23.7. The Kier molecular flexibility index (Phi) is 16.7. The van der Waals surface area contributed by atoms with Crippen molar-refractivity contribution in [1.82, 2.24) is 0 Å². The van der Waals surface area contributed by atoms with Gasteiger partial charge in [-0.15, -0.1) is 0 Å². The van der Waals surface area contributed by atoms with Crippen molar-refractivity contribution in [2.75, 3.05) is 22.9 Å². The predicted molar refractivity (Wildman–Crippen MR) is 471 cm³/mol. The average Bonchev–Trinajstić information content (AvgIpc) is 0.702. The summed E-state index contributed by atoms with van der Waals surface area (Å²) in [5.41, 5.74) is 35.1. The zero-order valence-corrected chi connectivity index (χ0v) is 62.3. The van der Waals surface area contributed by atoms with Crippen LogP contribution < -0.4 is 26.2 Å². The lowest BCUT2D eigenvalue weighted by Crippen LogP contribution is -2.62. The summed E-state index contributed by atoms with van der Waals surface area (Å²) in [5.74, 6) is 0. The van der Waals surface area contributed by atoms with E-state index in [1.165, 1.54) is 199 Å². The lowest BCUT2D eigenvalue weighted by atomic mass is 9.33. The minimum atomic E-state index is -0.152. The van der Waals surface area contributed by atoms with Gasteiger partial charge in [0, 0.05) is 35.8 Å². The zero-order valence-electron chi connectivity index (χ0n) is 62.3. The predicted octanol–water partition coefficient (Wildman–Crippen LogP) is 25.9. The first-order valence-corrected chi connectivity index (χ1v) is 39.1. The fraction of sp³-hybridized carbons (Fsp3) is 0.0841. The SMILES string of the molecule is CC(C)(C)c1ccc(Cc2cc3c4c(c2)N(CCc2c(-c5ccccc5)cc(-c5ccccc5)cc2-c2ccccc2)c2ccc(-c5ccc6c7cccc8cccc(c9cccc5c96)c87)cc2B4c2cc(-c4ccccc4)ccc2N3CCc2c(-c3ccccc3)cc(-c3ccccc3)cc2-c2ccccc2)cc1. The van der Waals surface area contributed by atoms with E-state index in [1.54, 1.807) is 0 Å². The Balaban J connectivity index is 0.841. The van der Waals surface area contributed by atoms with Gasteiger partial charge in [0.05, 0.1) is 0 Å². The maximum absolute atomic E-state index is 2.76. The van der Waals surface area contributed by atoms with E-state index < -0.39 is 0 Å². The highest BCUT2D eigenvalue weighted by atomic mass is 15.2. The Bertz CT molecular complexity index is 6300. The maximum atomic E-state index is 2.76. The highest BCUT2D eigenvalue weighted by Gasteiger charge is 2.44. The number of anilines is 4. The average molecular weight is 1410 g/mol. The van der Waals surface area contributed by atoms with Gasteiger partial charge < -0.3 is 9.80 Å². The minimum Gasteiger partial charge on any atom is -0.342 e. The molecule has 0 bridgehead atoms. The lowest BCUT2D eigenvalue weighted by molar-refractivity contribution is 0.590. The second-order valence-electron chi connectivity index (χ2n) is 31.2. The van der Waals surface area contributed by atoms with Crippen LogP contribution in [0.2, 0.25) is 0 Å². The largest absolute Gasteiger partial charge is 0.342 e. The van der Waals surface area contributed by atoms with E-state index in [0.717, 1.165) is 19.3 Å². The summed E-state index contributed by atoms with van der Waals surface area (Å²) in [5, 5.41) is 10.4. The van der Waals surface area contributed by atoms with E-state index in [9.17, 15) is 0 Å². The Morgan fingerprint density at radius 2 is 0.627 bits per heavy atom. The van der Waals surface area contributed by atoms with Crippen LogP contribution in [0.5, 0.6) is 0 Å². The summed E-state index contributed by atoms with van der Waals surface area (Å²) >= 11 is 0. The van der Waals surface area contributed by atoms with Crippen LogP contribution in [0.3, 0.4) is 0 Å². The molecule has 0 atom stereocenters. The molecule has 0 saturated heterocycles. The summed E-state index contributed by atoms with van der Waals surface area (Å²) in [6.45, 7) is 8.21. The van der Waals surface area contributed by atoms with Gasteiger partial charge in [-0.1, -0.05) is 348 Å². The number of benzene rings is 18. The number of hydrogen-bond donors (Lipinski definition) is 0. The molecule has 0 saturated carbocycles. The summed E-state index contributed by atoms with van der Waals surface area (Å²) in [6.07, 6.45) is 2.29. The van der Waals surface area contributed by atoms with Crippen molar-refractivity contribution in [3.63, 3.8) is 0 Å². The standard InChI is InChI=1S/C107H81BN2/c1-107(2,3)85-52-48-71(49-53-85)62-72-63-102-106-103(64-72)110(61-59-88-96(78-38-21-9-22-39-78)67-84(75-32-15-6-16-33-75)68-97(88)79-40-23-10-24-41-79)101-57-51-82(86-54-55-93-91-45-26-43-80-42-25-44-90(104(80)91)92-47-27-46-89(86)105(92)93)70-99(101)108(106)98-69-81(73-28-11-4-12-29-73)50-56-100(98)109(102)60-58-87-94(76-34-17-7-18-35-76)65-83(74-30-13-5-14-31-74)66-95(87)77-36-19-8-20-37-77/h4-57,63-70H,58-62H2,1-3H3. The van der Waals surface area contributed by atoms with Gasteiger partial charge in [-0.3, -0.25) is 0 Å². The van der Waals surface area contributed by atoms with Gasteiger partial charge in [0.15, 0.2) is 0 Å². The number of rotatable bonds is 16. The quantitative estimate of drug-likeness (QED) is 0.0540. The molecule has 0 unspecified atom stereocenters.